The molecule has 1 aliphatic rings. The number of anilines is 1. The summed E-state index contributed by atoms with van der Waals surface area (Å²) in [6, 6.07) is 2.07. The fraction of sp³-hybridized carbons (Fsp3) is 0.692. The zero-order valence-electron chi connectivity index (χ0n) is 11.0. The predicted molar refractivity (Wildman–Crippen MR) is 70.0 cm³/mol. The summed E-state index contributed by atoms with van der Waals surface area (Å²) in [4.78, 5) is 11.2. The molecule has 1 fully saturated rings. The van der Waals surface area contributed by atoms with Crippen LogP contribution in [0.1, 0.15) is 24.9 Å². The third-order valence-electron chi connectivity index (χ3n) is 3.69. The van der Waals surface area contributed by atoms with Gasteiger partial charge in [-0.25, -0.2) is 9.97 Å². The van der Waals surface area contributed by atoms with Crippen molar-refractivity contribution in [3.8, 4) is 0 Å². The van der Waals surface area contributed by atoms with Crippen LogP contribution >= 0.6 is 0 Å². The van der Waals surface area contributed by atoms with Gasteiger partial charge in [-0.1, -0.05) is 6.92 Å². The van der Waals surface area contributed by atoms with E-state index in [1.807, 2.05) is 13.8 Å². The van der Waals surface area contributed by atoms with Gasteiger partial charge in [0.25, 0.3) is 0 Å². The quantitative estimate of drug-likeness (QED) is 0.843. The van der Waals surface area contributed by atoms with Gasteiger partial charge >= 0.3 is 0 Å². The first-order valence-electron chi connectivity index (χ1n) is 6.37. The summed E-state index contributed by atoms with van der Waals surface area (Å²) in [5.74, 6) is 3.21. The van der Waals surface area contributed by atoms with Gasteiger partial charge in [0.2, 0.25) is 0 Å². The van der Waals surface area contributed by atoms with E-state index in [9.17, 15) is 0 Å². The Hall–Kier alpha value is -1.16. The Morgan fingerprint density at radius 2 is 2.18 bits per heavy atom. The molecule has 0 bridgehead atoms. The van der Waals surface area contributed by atoms with Crippen molar-refractivity contribution in [2.24, 2.45) is 17.6 Å². The number of piperidine rings is 1. The molecule has 94 valence electrons. The van der Waals surface area contributed by atoms with Crippen LogP contribution in [0.2, 0.25) is 0 Å². The smallest absolute Gasteiger partial charge is 0.132 e. The molecule has 1 aliphatic heterocycles. The number of hydrogen-bond acceptors (Lipinski definition) is 4. The molecule has 17 heavy (non-hydrogen) atoms. The Morgan fingerprint density at radius 3 is 2.82 bits per heavy atom. The summed E-state index contributed by atoms with van der Waals surface area (Å²) in [7, 11) is 0. The van der Waals surface area contributed by atoms with Crippen molar-refractivity contribution in [1.82, 2.24) is 9.97 Å². The van der Waals surface area contributed by atoms with Gasteiger partial charge in [-0.15, -0.1) is 0 Å². The van der Waals surface area contributed by atoms with Gasteiger partial charge < -0.3 is 10.6 Å². The summed E-state index contributed by atoms with van der Waals surface area (Å²) in [5, 5.41) is 0. The van der Waals surface area contributed by atoms with Crippen molar-refractivity contribution >= 4 is 5.82 Å². The average molecular weight is 234 g/mol. The van der Waals surface area contributed by atoms with Crippen molar-refractivity contribution in [3.05, 3.63) is 17.6 Å². The molecule has 2 unspecified atom stereocenters. The summed E-state index contributed by atoms with van der Waals surface area (Å²) in [5.41, 5.74) is 6.87. The van der Waals surface area contributed by atoms with Crippen molar-refractivity contribution in [2.45, 2.75) is 27.2 Å². The highest BCUT2D eigenvalue weighted by Gasteiger charge is 2.25. The number of rotatable bonds is 2. The Labute approximate surface area is 103 Å². The van der Waals surface area contributed by atoms with E-state index in [0.29, 0.717) is 5.92 Å². The highest BCUT2D eigenvalue weighted by atomic mass is 15.2. The van der Waals surface area contributed by atoms with Crippen molar-refractivity contribution in [1.29, 1.82) is 0 Å². The lowest BCUT2D eigenvalue weighted by Crippen LogP contribution is -2.43. The lowest BCUT2D eigenvalue weighted by Gasteiger charge is -2.37. The van der Waals surface area contributed by atoms with E-state index in [-0.39, 0.29) is 0 Å². The molecule has 4 heteroatoms. The largest absolute Gasteiger partial charge is 0.356 e. The topological polar surface area (TPSA) is 55.0 Å². The third kappa shape index (κ3) is 2.75. The molecule has 2 rings (SSSR count). The van der Waals surface area contributed by atoms with Crippen LogP contribution in [-0.4, -0.2) is 29.6 Å². The first kappa shape index (κ1) is 12.3. The fourth-order valence-corrected chi connectivity index (χ4v) is 2.52. The Morgan fingerprint density at radius 1 is 1.41 bits per heavy atom. The van der Waals surface area contributed by atoms with Crippen molar-refractivity contribution in [2.75, 3.05) is 24.5 Å². The minimum Gasteiger partial charge on any atom is -0.356 e. The first-order chi connectivity index (χ1) is 8.10. The van der Waals surface area contributed by atoms with Gasteiger partial charge in [0.15, 0.2) is 0 Å². The summed E-state index contributed by atoms with van der Waals surface area (Å²) < 4.78 is 0. The van der Waals surface area contributed by atoms with Crippen LogP contribution in [0, 0.1) is 25.7 Å². The van der Waals surface area contributed by atoms with Gasteiger partial charge in [-0.05, 0) is 38.6 Å². The van der Waals surface area contributed by atoms with Crippen LogP contribution in [0.25, 0.3) is 0 Å². The number of nitrogens with zero attached hydrogens (tertiary/aromatic N) is 3. The van der Waals surface area contributed by atoms with Gasteiger partial charge in [0.1, 0.15) is 11.6 Å². The molecule has 2 heterocycles. The Balaban J connectivity index is 2.17. The second kappa shape index (κ2) is 5.00. The maximum Gasteiger partial charge on any atom is 0.132 e. The maximum absolute atomic E-state index is 5.83. The zero-order valence-corrected chi connectivity index (χ0v) is 11.0. The second-order valence-electron chi connectivity index (χ2n) is 5.12. The van der Waals surface area contributed by atoms with E-state index in [4.69, 9.17) is 5.73 Å². The molecule has 1 aromatic heterocycles. The second-order valence-corrected chi connectivity index (χ2v) is 5.12. The van der Waals surface area contributed by atoms with E-state index in [0.717, 1.165) is 42.9 Å². The minimum absolute atomic E-state index is 0.583. The SMILES string of the molecule is Cc1cc(N2CCC(C)C(CN)C2)nc(C)n1. The average Bonchev–Trinajstić information content (AvgIpc) is 2.28. The van der Waals surface area contributed by atoms with Crippen LogP contribution < -0.4 is 10.6 Å². The lowest BCUT2D eigenvalue weighted by atomic mass is 9.87. The van der Waals surface area contributed by atoms with Gasteiger partial charge in [-0.2, -0.15) is 0 Å². The predicted octanol–water partition coefficient (Wildman–Crippen LogP) is 1.51. The molecule has 0 radical (unpaired) electrons. The molecule has 0 saturated carbocycles. The maximum atomic E-state index is 5.83. The highest BCUT2D eigenvalue weighted by molar-refractivity contribution is 5.40. The number of aryl methyl sites for hydroxylation is 2. The summed E-state index contributed by atoms with van der Waals surface area (Å²) >= 11 is 0. The van der Waals surface area contributed by atoms with Gasteiger partial charge in [-0.3, -0.25) is 0 Å². The first-order valence-corrected chi connectivity index (χ1v) is 6.37. The summed E-state index contributed by atoms with van der Waals surface area (Å²) in [6.07, 6.45) is 1.20. The van der Waals surface area contributed by atoms with E-state index >= 15 is 0 Å². The lowest BCUT2D eigenvalue weighted by molar-refractivity contribution is 0.306. The zero-order chi connectivity index (χ0) is 12.4. The molecule has 0 spiro atoms. The molecular weight excluding hydrogens is 212 g/mol. The summed E-state index contributed by atoms with van der Waals surface area (Å²) in [6.45, 7) is 9.13. The minimum atomic E-state index is 0.583. The van der Waals surface area contributed by atoms with Crippen molar-refractivity contribution in [3.63, 3.8) is 0 Å². The van der Waals surface area contributed by atoms with E-state index in [2.05, 4.69) is 27.9 Å². The van der Waals surface area contributed by atoms with Crippen LogP contribution in [0.4, 0.5) is 5.82 Å². The standard InChI is InChI=1S/C13H22N4/c1-9-4-5-17(8-12(9)7-14)13-6-10(2)15-11(3)16-13/h6,9,12H,4-5,7-8,14H2,1-3H3. The molecule has 0 amide bonds. The molecular formula is C13H22N4. The number of hydrogen-bond donors (Lipinski definition) is 1. The molecule has 2 atom stereocenters. The Bertz CT molecular complexity index is 371. The monoisotopic (exact) mass is 234 g/mol. The van der Waals surface area contributed by atoms with Crippen LogP contribution in [0.5, 0.6) is 0 Å². The van der Waals surface area contributed by atoms with Gasteiger partial charge in [0.05, 0.1) is 0 Å². The van der Waals surface area contributed by atoms with Crippen molar-refractivity contribution < 1.29 is 0 Å². The normalized spacial score (nSPS) is 25.1. The molecule has 2 N–H and O–H groups in total. The van der Waals surface area contributed by atoms with E-state index in [1.54, 1.807) is 0 Å². The molecule has 0 aliphatic carbocycles. The molecule has 1 saturated heterocycles. The van der Waals surface area contributed by atoms with E-state index < -0.39 is 0 Å². The Kier molecular flexibility index (Phi) is 3.62. The molecule has 0 aromatic carbocycles. The van der Waals surface area contributed by atoms with Gasteiger partial charge in [0, 0.05) is 24.8 Å². The fourth-order valence-electron chi connectivity index (χ4n) is 2.52. The van der Waals surface area contributed by atoms with Crippen LogP contribution in [-0.2, 0) is 0 Å². The highest BCUT2D eigenvalue weighted by Crippen LogP contribution is 2.25. The number of aromatic nitrogens is 2. The van der Waals surface area contributed by atoms with Crippen LogP contribution in [0.3, 0.4) is 0 Å². The van der Waals surface area contributed by atoms with Crippen LogP contribution in [0.15, 0.2) is 6.07 Å². The molecule has 4 nitrogen and oxygen atoms in total. The van der Waals surface area contributed by atoms with E-state index in [1.165, 1.54) is 6.42 Å². The number of nitrogens with two attached hydrogens (primary N) is 1. The third-order valence-corrected chi connectivity index (χ3v) is 3.69. The molecule has 1 aromatic rings.